The van der Waals surface area contributed by atoms with Crippen LogP contribution in [0.15, 0.2) is 27.2 Å². The molecule has 0 aliphatic heterocycles. The van der Waals surface area contributed by atoms with Gasteiger partial charge in [-0.2, -0.15) is 4.98 Å². The molecular weight excluding hydrogens is 248 g/mol. The lowest BCUT2D eigenvalue weighted by Crippen LogP contribution is -1.78. The van der Waals surface area contributed by atoms with Crippen molar-refractivity contribution in [2.45, 2.75) is 6.92 Å². The number of phenols is 1. The molecule has 1 aromatic heterocycles. The first-order valence-electron chi connectivity index (χ1n) is 3.96. The molecule has 0 aliphatic carbocycles. The summed E-state index contributed by atoms with van der Waals surface area (Å²) in [6.07, 6.45) is 0. The fourth-order valence-corrected chi connectivity index (χ4v) is 1.43. The summed E-state index contributed by atoms with van der Waals surface area (Å²) in [6, 6.07) is 5.01. The number of aromatic nitrogens is 2. The van der Waals surface area contributed by atoms with E-state index >= 15 is 0 Å². The maximum absolute atomic E-state index is 9.28. The summed E-state index contributed by atoms with van der Waals surface area (Å²) in [5.41, 5.74) is 0.773. The molecule has 72 valence electrons. The number of aryl methyl sites for hydroxylation is 1. The number of hydrogen-bond donors (Lipinski definition) is 1. The zero-order chi connectivity index (χ0) is 10.1. The Hall–Kier alpha value is -1.36. The fraction of sp³-hybridized carbons (Fsp3) is 0.111. The quantitative estimate of drug-likeness (QED) is 0.850. The summed E-state index contributed by atoms with van der Waals surface area (Å²) in [4.78, 5) is 4.07. The number of nitrogens with zero attached hydrogens (tertiary/aromatic N) is 2. The Morgan fingerprint density at radius 2 is 2.21 bits per heavy atom. The third kappa shape index (κ3) is 1.63. The highest BCUT2D eigenvalue weighted by molar-refractivity contribution is 9.10. The Labute approximate surface area is 88.7 Å². The summed E-state index contributed by atoms with van der Waals surface area (Å²) >= 11 is 3.21. The van der Waals surface area contributed by atoms with Crippen LogP contribution < -0.4 is 0 Å². The topological polar surface area (TPSA) is 59.2 Å². The third-order valence-electron chi connectivity index (χ3n) is 1.72. The standard InChI is InChI=1S/C9H7BrN2O2/c1-5-11-9(14-12-5)6-2-3-8(13)7(10)4-6/h2-4,13H,1H3. The predicted octanol–water partition coefficient (Wildman–Crippen LogP) is 2.51. The number of aromatic hydroxyl groups is 1. The molecule has 0 saturated carbocycles. The van der Waals surface area contributed by atoms with E-state index in [0.29, 0.717) is 16.2 Å². The van der Waals surface area contributed by atoms with Gasteiger partial charge in [0.15, 0.2) is 5.82 Å². The van der Waals surface area contributed by atoms with Crippen molar-refractivity contribution >= 4 is 15.9 Å². The fourth-order valence-electron chi connectivity index (χ4n) is 1.05. The van der Waals surface area contributed by atoms with E-state index in [9.17, 15) is 5.11 Å². The summed E-state index contributed by atoms with van der Waals surface area (Å²) in [5, 5.41) is 13.0. The minimum atomic E-state index is 0.185. The third-order valence-corrected chi connectivity index (χ3v) is 2.36. The second-order valence-corrected chi connectivity index (χ2v) is 3.67. The van der Waals surface area contributed by atoms with E-state index in [-0.39, 0.29) is 5.75 Å². The van der Waals surface area contributed by atoms with Crippen LogP contribution in [0.2, 0.25) is 0 Å². The first-order valence-corrected chi connectivity index (χ1v) is 4.75. The molecule has 0 radical (unpaired) electrons. The van der Waals surface area contributed by atoms with E-state index in [1.54, 1.807) is 25.1 Å². The monoisotopic (exact) mass is 254 g/mol. The summed E-state index contributed by atoms with van der Waals surface area (Å²) in [7, 11) is 0. The van der Waals surface area contributed by atoms with Crippen LogP contribution in [0.3, 0.4) is 0 Å². The first kappa shape index (κ1) is 9.21. The Morgan fingerprint density at radius 3 is 2.79 bits per heavy atom. The Morgan fingerprint density at radius 1 is 1.43 bits per heavy atom. The van der Waals surface area contributed by atoms with Gasteiger partial charge in [0.25, 0.3) is 5.89 Å². The smallest absolute Gasteiger partial charge is 0.257 e. The minimum Gasteiger partial charge on any atom is -0.507 e. The molecule has 2 rings (SSSR count). The van der Waals surface area contributed by atoms with Crippen molar-refractivity contribution in [3.05, 3.63) is 28.5 Å². The van der Waals surface area contributed by atoms with Gasteiger partial charge in [0.05, 0.1) is 4.47 Å². The highest BCUT2D eigenvalue weighted by Gasteiger charge is 2.07. The Kier molecular flexibility index (Phi) is 2.25. The molecule has 0 bridgehead atoms. The SMILES string of the molecule is Cc1noc(-c2ccc(O)c(Br)c2)n1. The van der Waals surface area contributed by atoms with Crippen molar-refractivity contribution in [3.8, 4) is 17.2 Å². The molecule has 2 aromatic rings. The van der Waals surface area contributed by atoms with E-state index in [4.69, 9.17) is 4.52 Å². The van der Waals surface area contributed by atoms with Crippen LogP contribution in [0, 0.1) is 6.92 Å². The molecular formula is C9H7BrN2O2. The number of benzene rings is 1. The Balaban J connectivity index is 2.47. The first-order chi connectivity index (χ1) is 6.66. The molecule has 14 heavy (non-hydrogen) atoms. The van der Waals surface area contributed by atoms with E-state index < -0.39 is 0 Å². The van der Waals surface area contributed by atoms with Gasteiger partial charge in [0.1, 0.15) is 5.75 Å². The average Bonchev–Trinajstić information content (AvgIpc) is 2.57. The minimum absolute atomic E-state index is 0.185. The van der Waals surface area contributed by atoms with Crippen LogP contribution in [0.25, 0.3) is 11.5 Å². The van der Waals surface area contributed by atoms with Crippen LogP contribution >= 0.6 is 15.9 Å². The van der Waals surface area contributed by atoms with E-state index in [2.05, 4.69) is 26.1 Å². The maximum atomic E-state index is 9.28. The summed E-state index contributed by atoms with van der Waals surface area (Å²) in [6.45, 7) is 1.75. The molecule has 1 aromatic carbocycles. The lowest BCUT2D eigenvalue weighted by Gasteiger charge is -1.97. The van der Waals surface area contributed by atoms with Crippen molar-refractivity contribution in [2.75, 3.05) is 0 Å². The van der Waals surface area contributed by atoms with Gasteiger partial charge in [-0.25, -0.2) is 0 Å². The summed E-state index contributed by atoms with van der Waals surface area (Å²) < 4.78 is 5.58. The molecule has 0 aliphatic rings. The van der Waals surface area contributed by atoms with Crippen LogP contribution in [0.4, 0.5) is 0 Å². The zero-order valence-corrected chi connectivity index (χ0v) is 8.95. The molecule has 0 saturated heterocycles. The molecule has 0 amide bonds. The normalized spacial score (nSPS) is 10.4. The summed E-state index contributed by atoms with van der Waals surface area (Å²) in [5.74, 6) is 1.22. The van der Waals surface area contributed by atoms with Crippen molar-refractivity contribution in [2.24, 2.45) is 0 Å². The van der Waals surface area contributed by atoms with Gasteiger partial charge < -0.3 is 9.63 Å². The number of rotatable bonds is 1. The van der Waals surface area contributed by atoms with Crippen molar-refractivity contribution in [1.29, 1.82) is 0 Å². The second kappa shape index (κ2) is 3.42. The maximum Gasteiger partial charge on any atom is 0.257 e. The Bertz CT molecular complexity index is 468. The number of phenolic OH excluding ortho intramolecular Hbond substituents is 1. The van der Waals surface area contributed by atoms with Crippen LogP contribution in [0.1, 0.15) is 5.82 Å². The van der Waals surface area contributed by atoms with Crippen LogP contribution in [-0.2, 0) is 0 Å². The van der Waals surface area contributed by atoms with Gasteiger partial charge >= 0.3 is 0 Å². The molecule has 0 spiro atoms. The van der Waals surface area contributed by atoms with Gasteiger partial charge in [-0.05, 0) is 41.1 Å². The lowest BCUT2D eigenvalue weighted by molar-refractivity contribution is 0.425. The van der Waals surface area contributed by atoms with Gasteiger partial charge in [-0.1, -0.05) is 5.16 Å². The molecule has 0 atom stereocenters. The lowest BCUT2D eigenvalue weighted by atomic mass is 10.2. The van der Waals surface area contributed by atoms with E-state index in [1.165, 1.54) is 0 Å². The van der Waals surface area contributed by atoms with Crippen molar-refractivity contribution in [1.82, 2.24) is 10.1 Å². The number of halogens is 1. The van der Waals surface area contributed by atoms with Crippen LogP contribution in [-0.4, -0.2) is 15.2 Å². The molecule has 1 heterocycles. The van der Waals surface area contributed by atoms with E-state index in [0.717, 1.165) is 5.56 Å². The number of hydrogen-bond acceptors (Lipinski definition) is 4. The molecule has 1 N–H and O–H groups in total. The largest absolute Gasteiger partial charge is 0.507 e. The highest BCUT2D eigenvalue weighted by atomic mass is 79.9. The van der Waals surface area contributed by atoms with Crippen molar-refractivity contribution in [3.63, 3.8) is 0 Å². The predicted molar refractivity (Wildman–Crippen MR) is 53.8 cm³/mol. The van der Waals surface area contributed by atoms with E-state index in [1.807, 2.05) is 0 Å². The van der Waals surface area contributed by atoms with Gasteiger partial charge in [-0.15, -0.1) is 0 Å². The van der Waals surface area contributed by atoms with Crippen molar-refractivity contribution < 1.29 is 9.63 Å². The molecule has 4 nitrogen and oxygen atoms in total. The van der Waals surface area contributed by atoms with Gasteiger partial charge in [-0.3, -0.25) is 0 Å². The van der Waals surface area contributed by atoms with Crippen LogP contribution in [0.5, 0.6) is 5.75 Å². The van der Waals surface area contributed by atoms with Gasteiger partial charge in [0.2, 0.25) is 0 Å². The molecule has 0 unspecified atom stereocenters. The zero-order valence-electron chi connectivity index (χ0n) is 7.36. The average molecular weight is 255 g/mol. The highest BCUT2D eigenvalue weighted by Crippen LogP contribution is 2.28. The molecule has 0 fully saturated rings. The second-order valence-electron chi connectivity index (χ2n) is 2.81. The van der Waals surface area contributed by atoms with Gasteiger partial charge in [0, 0.05) is 5.56 Å². The molecule has 5 heteroatoms.